The average molecular weight is 305 g/mol. The maximum Gasteiger partial charge on any atom is 0.162 e. The van der Waals surface area contributed by atoms with Crippen molar-refractivity contribution in [2.45, 2.75) is 32.6 Å². The number of rotatable bonds is 9. The van der Waals surface area contributed by atoms with E-state index in [0.29, 0.717) is 19.6 Å². The first-order valence-electron chi connectivity index (χ1n) is 8.35. The summed E-state index contributed by atoms with van der Waals surface area (Å²) in [4.78, 5) is 14.0. The summed E-state index contributed by atoms with van der Waals surface area (Å²) in [5.74, 6) is 0.944. The Balaban J connectivity index is 1.55. The summed E-state index contributed by atoms with van der Waals surface area (Å²) in [5.41, 5.74) is 0.743. The second kappa shape index (κ2) is 9.59. The summed E-state index contributed by atoms with van der Waals surface area (Å²) in [5, 5.41) is 0. The normalized spacial score (nSPS) is 15.7. The molecule has 1 fully saturated rings. The second-order valence-electron chi connectivity index (χ2n) is 5.66. The molecule has 1 aliphatic heterocycles. The molecule has 22 heavy (non-hydrogen) atoms. The third-order valence-corrected chi connectivity index (χ3v) is 3.99. The first-order valence-corrected chi connectivity index (χ1v) is 8.35. The van der Waals surface area contributed by atoms with Crippen molar-refractivity contribution in [3.63, 3.8) is 0 Å². The van der Waals surface area contributed by atoms with Gasteiger partial charge >= 0.3 is 0 Å². The average Bonchev–Trinajstić information content (AvgIpc) is 2.58. The third-order valence-electron chi connectivity index (χ3n) is 3.99. The summed E-state index contributed by atoms with van der Waals surface area (Å²) < 4.78 is 11.2. The van der Waals surface area contributed by atoms with Crippen LogP contribution in [-0.4, -0.2) is 50.1 Å². The third kappa shape index (κ3) is 5.78. The standard InChI is InChI=1S/C18H27NO3/c1-2-18(20)16-6-8-17(9-7-16)22-15-14-21-13-12-19-10-4-3-5-11-19/h6-9H,2-5,10-15H2,1H3. The Bertz CT molecular complexity index is 438. The van der Waals surface area contributed by atoms with Gasteiger partial charge in [0, 0.05) is 18.5 Å². The molecule has 0 bridgehead atoms. The van der Waals surface area contributed by atoms with Crippen LogP contribution in [0.25, 0.3) is 0 Å². The van der Waals surface area contributed by atoms with Crippen LogP contribution in [0.5, 0.6) is 5.75 Å². The van der Waals surface area contributed by atoms with E-state index in [1.807, 2.05) is 31.2 Å². The second-order valence-corrected chi connectivity index (χ2v) is 5.66. The van der Waals surface area contributed by atoms with Crippen molar-refractivity contribution >= 4 is 5.78 Å². The molecular formula is C18H27NO3. The van der Waals surface area contributed by atoms with Crippen molar-refractivity contribution in [3.8, 4) is 5.75 Å². The molecule has 4 heteroatoms. The summed E-state index contributed by atoms with van der Waals surface area (Å²) in [6, 6.07) is 7.32. The maximum absolute atomic E-state index is 11.5. The number of ketones is 1. The number of nitrogens with zero attached hydrogens (tertiary/aromatic N) is 1. The fourth-order valence-corrected chi connectivity index (χ4v) is 2.64. The van der Waals surface area contributed by atoms with Gasteiger partial charge in [-0.05, 0) is 50.2 Å². The van der Waals surface area contributed by atoms with E-state index in [9.17, 15) is 4.79 Å². The Morgan fingerprint density at radius 2 is 1.77 bits per heavy atom. The number of likely N-dealkylation sites (tertiary alicyclic amines) is 1. The number of hydrogen-bond donors (Lipinski definition) is 0. The lowest BCUT2D eigenvalue weighted by Gasteiger charge is -2.26. The Morgan fingerprint density at radius 1 is 1.05 bits per heavy atom. The van der Waals surface area contributed by atoms with Crippen LogP contribution in [-0.2, 0) is 4.74 Å². The zero-order valence-corrected chi connectivity index (χ0v) is 13.6. The predicted octanol–water partition coefficient (Wildman–Crippen LogP) is 3.16. The molecule has 4 nitrogen and oxygen atoms in total. The highest BCUT2D eigenvalue weighted by Gasteiger charge is 2.09. The molecule has 0 saturated carbocycles. The molecule has 2 rings (SSSR count). The van der Waals surface area contributed by atoms with Crippen LogP contribution in [0.3, 0.4) is 0 Å². The molecule has 1 aliphatic rings. The number of Topliss-reactive ketones (excluding diaryl/α,β-unsaturated/α-hetero) is 1. The largest absolute Gasteiger partial charge is 0.491 e. The summed E-state index contributed by atoms with van der Waals surface area (Å²) in [7, 11) is 0. The number of ether oxygens (including phenoxy) is 2. The predicted molar refractivity (Wildman–Crippen MR) is 87.7 cm³/mol. The van der Waals surface area contributed by atoms with Gasteiger partial charge in [-0.2, -0.15) is 0 Å². The molecule has 0 amide bonds. The van der Waals surface area contributed by atoms with Gasteiger partial charge in [0.15, 0.2) is 5.78 Å². The van der Waals surface area contributed by atoms with Crippen molar-refractivity contribution < 1.29 is 14.3 Å². The molecule has 0 spiro atoms. The molecule has 1 saturated heterocycles. The van der Waals surface area contributed by atoms with E-state index in [4.69, 9.17) is 9.47 Å². The summed E-state index contributed by atoms with van der Waals surface area (Å²) >= 11 is 0. The lowest BCUT2D eigenvalue weighted by molar-refractivity contribution is 0.0750. The molecule has 1 aromatic rings. The Kier molecular flexibility index (Phi) is 7.40. The lowest BCUT2D eigenvalue weighted by atomic mass is 10.1. The Labute approximate surface area is 133 Å². The number of carbonyl (C=O) groups excluding carboxylic acids is 1. The highest BCUT2D eigenvalue weighted by Crippen LogP contribution is 2.13. The maximum atomic E-state index is 11.5. The topological polar surface area (TPSA) is 38.8 Å². The molecule has 0 radical (unpaired) electrons. The van der Waals surface area contributed by atoms with Crippen LogP contribution in [0.2, 0.25) is 0 Å². The quantitative estimate of drug-likeness (QED) is 0.519. The fourth-order valence-electron chi connectivity index (χ4n) is 2.64. The zero-order chi connectivity index (χ0) is 15.6. The highest BCUT2D eigenvalue weighted by atomic mass is 16.5. The van der Waals surface area contributed by atoms with Gasteiger partial charge in [0.1, 0.15) is 12.4 Å². The minimum Gasteiger partial charge on any atom is -0.491 e. The van der Waals surface area contributed by atoms with E-state index >= 15 is 0 Å². The zero-order valence-electron chi connectivity index (χ0n) is 13.6. The van der Waals surface area contributed by atoms with Gasteiger partial charge in [0.05, 0.1) is 13.2 Å². The molecule has 1 heterocycles. The van der Waals surface area contributed by atoms with E-state index in [1.54, 1.807) is 0 Å². The smallest absolute Gasteiger partial charge is 0.162 e. The van der Waals surface area contributed by atoms with Crippen molar-refractivity contribution in [3.05, 3.63) is 29.8 Å². The van der Waals surface area contributed by atoms with Crippen LogP contribution in [0.1, 0.15) is 43.0 Å². The van der Waals surface area contributed by atoms with Gasteiger partial charge in [-0.1, -0.05) is 13.3 Å². The van der Waals surface area contributed by atoms with Crippen molar-refractivity contribution in [2.75, 3.05) is 39.5 Å². The number of carbonyl (C=O) groups is 1. The van der Waals surface area contributed by atoms with Crippen LogP contribution in [0.4, 0.5) is 0 Å². The van der Waals surface area contributed by atoms with Gasteiger partial charge in [-0.15, -0.1) is 0 Å². The first kappa shape index (κ1) is 17.0. The van der Waals surface area contributed by atoms with Gasteiger partial charge in [0.2, 0.25) is 0 Å². The Hall–Kier alpha value is -1.39. The van der Waals surface area contributed by atoms with E-state index in [-0.39, 0.29) is 5.78 Å². The minimum atomic E-state index is 0.160. The molecular weight excluding hydrogens is 278 g/mol. The summed E-state index contributed by atoms with van der Waals surface area (Å²) in [6.45, 7) is 7.23. The monoisotopic (exact) mass is 305 g/mol. The fraction of sp³-hybridized carbons (Fsp3) is 0.611. The van der Waals surface area contributed by atoms with Crippen LogP contribution >= 0.6 is 0 Å². The van der Waals surface area contributed by atoms with Crippen molar-refractivity contribution in [1.29, 1.82) is 0 Å². The molecule has 0 N–H and O–H groups in total. The van der Waals surface area contributed by atoms with Crippen LogP contribution in [0, 0.1) is 0 Å². The first-order chi connectivity index (χ1) is 10.8. The van der Waals surface area contributed by atoms with Crippen molar-refractivity contribution in [2.24, 2.45) is 0 Å². The van der Waals surface area contributed by atoms with E-state index < -0.39 is 0 Å². The summed E-state index contributed by atoms with van der Waals surface area (Å²) in [6.07, 6.45) is 4.54. The molecule has 1 aromatic carbocycles. The van der Waals surface area contributed by atoms with E-state index in [1.165, 1.54) is 32.4 Å². The van der Waals surface area contributed by atoms with Gasteiger partial charge in [-0.3, -0.25) is 4.79 Å². The van der Waals surface area contributed by atoms with Gasteiger partial charge < -0.3 is 14.4 Å². The lowest BCUT2D eigenvalue weighted by Crippen LogP contribution is -2.32. The molecule has 0 unspecified atom stereocenters. The van der Waals surface area contributed by atoms with Crippen LogP contribution < -0.4 is 4.74 Å². The van der Waals surface area contributed by atoms with E-state index in [2.05, 4.69) is 4.90 Å². The molecule has 0 atom stereocenters. The molecule has 0 aliphatic carbocycles. The van der Waals surface area contributed by atoms with Gasteiger partial charge in [-0.25, -0.2) is 0 Å². The number of benzene rings is 1. The Morgan fingerprint density at radius 3 is 2.45 bits per heavy atom. The molecule has 122 valence electrons. The highest BCUT2D eigenvalue weighted by molar-refractivity contribution is 5.95. The SMILES string of the molecule is CCC(=O)c1ccc(OCCOCCN2CCCCC2)cc1. The van der Waals surface area contributed by atoms with E-state index in [0.717, 1.165) is 24.5 Å². The van der Waals surface area contributed by atoms with Crippen LogP contribution in [0.15, 0.2) is 24.3 Å². The number of hydrogen-bond acceptors (Lipinski definition) is 4. The minimum absolute atomic E-state index is 0.160. The van der Waals surface area contributed by atoms with Gasteiger partial charge in [0.25, 0.3) is 0 Å². The number of piperidine rings is 1. The van der Waals surface area contributed by atoms with Crippen molar-refractivity contribution in [1.82, 2.24) is 4.90 Å². The molecule has 0 aromatic heterocycles.